The molecule has 0 aromatic heterocycles. The number of allylic oxidation sites excluding steroid dienone is 5. The average molecular weight is 349 g/mol. The normalized spacial score (nSPS) is 12.2. The summed E-state index contributed by atoms with van der Waals surface area (Å²) in [6.07, 6.45) is 17.4. The predicted molar refractivity (Wildman–Crippen MR) is 110 cm³/mol. The van der Waals surface area contributed by atoms with Crippen LogP contribution in [0, 0.1) is 0 Å². The second kappa shape index (κ2) is 16.2. The van der Waals surface area contributed by atoms with E-state index in [0.717, 1.165) is 38.5 Å². The molecule has 0 amide bonds. The highest BCUT2D eigenvalue weighted by Gasteiger charge is 2.01. The standard InChI is InChI=1S/C23H40O2/c1-6-7-8-9-10-17-23(24)25-19-18-22(5)16-12-15-21(4)14-11-13-20(2)3/h13,15,18H,6-12,14,16-17,19H2,1-5H3/b21-15+,22-18-. The highest BCUT2D eigenvalue weighted by atomic mass is 16.5. The van der Waals surface area contributed by atoms with Crippen LogP contribution in [0.5, 0.6) is 0 Å². The third-order valence-corrected chi connectivity index (χ3v) is 4.28. The minimum absolute atomic E-state index is 0.0597. The van der Waals surface area contributed by atoms with Crippen LogP contribution in [0.1, 0.15) is 98.8 Å². The first-order valence-electron chi connectivity index (χ1n) is 10.1. The van der Waals surface area contributed by atoms with Gasteiger partial charge in [-0.05, 0) is 65.9 Å². The zero-order valence-corrected chi connectivity index (χ0v) is 17.3. The van der Waals surface area contributed by atoms with Crippen molar-refractivity contribution < 1.29 is 9.53 Å². The number of unbranched alkanes of at least 4 members (excludes halogenated alkanes) is 4. The van der Waals surface area contributed by atoms with E-state index in [9.17, 15) is 4.79 Å². The Bertz CT molecular complexity index is 437. The first-order chi connectivity index (χ1) is 12.0. The van der Waals surface area contributed by atoms with E-state index in [-0.39, 0.29) is 5.97 Å². The Morgan fingerprint density at radius 1 is 0.760 bits per heavy atom. The monoisotopic (exact) mass is 348 g/mol. The quantitative estimate of drug-likeness (QED) is 0.187. The summed E-state index contributed by atoms with van der Waals surface area (Å²) in [7, 11) is 0. The van der Waals surface area contributed by atoms with Crippen LogP contribution < -0.4 is 0 Å². The van der Waals surface area contributed by atoms with E-state index in [4.69, 9.17) is 4.74 Å². The highest BCUT2D eigenvalue weighted by molar-refractivity contribution is 5.69. The molecule has 0 N–H and O–H groups in total. The fraction of sp³-hybridized carbons (Fsp3) is 0.696. The van der Waals surface area contributed by atoms with E-state index in [1.165, 1.54) is 36.0 Å². The van der Waals surface area contributed by atoms with Gasteiger partial charge >= 0.3 is 5.97 Å². The van der Waals surface area contributed by atoms with Gasteiger partial charge in [0.05, 0.1) is 0 Å². The molecular weight excluding hydrogens is 308 g/mol. The Morgan fingerprint density at radius 3 is 2.00 bits per heavy atom. The van der Waals surface area contributed by atoms with Crippen molar-refractivity contribution >= 4 is 5.97 Å². The van der Waals surface area contributed by atoms with Gasteiger partial charge in [-0.15, -0.1) is 0 Å². The Hall–Kier alpha value is -1.31. The van der Waals surface area contributed by atoms with Gasteiger partial charge in [0.15, 0.2) is 0 Å². The molecule has 0 rings (SSSR count). The molecule has 0 saturated carbocycles. The second-order valence-electron chi connectivity index (χ2n) is 7.31. The number of esters is 1. The van der Waals surface area contributed by atoms with Crippen molar-refractivity contribution in [1.29, 1.82) is 0 Å². The highest BCUT2D eigenvalue weighted by Crippen LogP contribution is 2.11. The number of carbonyl (C=O) groups excluding carboxylic acids is 1. The molecular formula is C23H40O2. The van der Waals surface area contributed by atoms with E-state index >= 15 is 0 Å². The van der Waals surface area contributed by atoms with Crippen molar-refractivity contribution in [3.63, 3.8) is 0 Å². The summed E-state index contributed by atoms with van der Waals surface area (Å²) in [4.78, 5) is 11.6. The Labute approximate surface area is 156 Å². The maximum atomic E-state index is 11.6. The molecule has 25 heavy (non-hydrogen) atoms. The zero-order chi connectivity index (χ0) is 18.9. The summed E-state index contributed by atoms with van der Waals surface area (Å²) in [6, 6.07) is 0. The fourth-order valence-electron chi connectivity index (χ4n) is 2.56. The minimum Gasteiger partial charge on any atom is -0.461 e. The Morgan fingerprint density at radius 2 is 1.36 bits per heavy atom. The van der Waals surface area contributed by atoms with Gasteiger partial charge in [0, 0.05) is 6.42 Å². The molecule has 144 valence electrons. The van der Waals surface area contributed by atoms with Crippen LogP contribution in [-0.4, -0.2) is 12.6 Å². The molecule has 0 aliphatic carbocycles. The van der Waals surface area contributed by atoms with Crippen molar-refractivity contribution in [3.8, 4) is 0 Å². The van der Waals surface area contributed by atoms with E-state index in [1.54, 1.807) is 0 Å². The van der Waals surface area contributed by atoms with Crippen LogP contribution in [-0.2, 0) is 9.53 Å². The molecule has 0 aromatic rings. The third kappa shape index (κ3) is 17.3. The molecule has 0 spiro atoms. The molecule has 2 nitrogen and oxygen atoms in total. The lowest BCUT2D eigenvalue weighted by atomic mass is 10.1. The topological polar surface area (TPSA) is 26.3 Å². The number of rotatable bonds is 14. The van der Waals surface area contributed by atoms with E-state index < -0.39 is 0 Å². The molecule has 0 heterocycles. The van der Waals surface area contributed by atoms with Gasteiger partial charge in [0.1, 0.15) is 6.61 Å². The first kappa shape index (κ1) is 23.7. The molecule has 0 aliphatic heterocycles. The van der Waals surface area contributed by atoms with Gasteiger partial charge in [0.2, 0.25) is 0 Å². The summed E-state index contributed by atoms with van der Waals surface area (Å²) in [5, 5.41) is 0. The summed E-state index contributed by atoms with van der Waals surface area (Å²) in [5.74, 6) is -0.0597. The largest absolute Gasteiger partial charge is 0.461 e. The predicted octanol–water partition coefficient (Wildman–Crippen LogP) is 7.31. The first-order valence-corrected chi connectivity index (χ1v) is 10.1. The zero-order valence-electron chi connectivity index (χ0n) is 17.3. The van der Waals surface area contributed by atoms with Gasteiger partial charge in [-0.1, -0.05) is 61.5 Å². The minimum atomic E-state index is -0.0597. The van der Waals surface area contributed by atoms with E-state index in [2.05, 4.69) is 46.8 Å². The summed E-state index contributed by atoms with van der Waals surface area (Å²) in [5.41, 5.74) is 4.14. The van der Waals surface area contributed by atoms with Crippen molar-refractivity contribution in [2.45, 2.75) is 98.8 Å². The molecule has 0 unspecified atom stereocenters. The maximum Gasteiger partial charge on any atom is 0.306 e. The lowest BCUT2D eigenvalue weighted by molar-refractivity contribution is -0.142. The molecule has 0 aliphatic rings. The van der Waals surface area contributed by atoms with Gasteiger partial charge < -0.3 is 4.74 Å². The van der Waals surface area contributed by atoms with Crippen LogP contribution in [0.2, 0.25) is 0 Å². The molecule has 0 radical (unpaired) electrons. The average Bonchev–Trinajstić information content (AvgIpc) is 2.54. The summed E-state index contributed by atoms with van der Waals surface area (Å²) >= 11 is 0. The molecule has 0 saturated heterocycles. The Kier molecular flexibility index (Phi) is 15.3. The fourth-order valence-corrected chi connectivity index (χ4v) is 2.56. The molecule has 0 fully saturated rings. The van der Waals surface area contributed by atoms with Crippen molar-refractivity contribution in [3.05, 3.63) is 34.9 Å². The van der Waals surface area contributed by atoms with Gasteiger partial charge in [-0.3, -0.25) is 4.79 Å². The van der Waals surface area contributed by atoms with Crippen molar-refractivity contribution in [2.75, 3.05) is 6.61 Å². The SMILES string of the molecule is CCCCCCCC(=O)OC/C=C(/C)CC/C=C(\C)CCC=C(C)C. The van der Waals surface area contributed by atoms with Crippen LogP contribution in [0.25, 0.3) is 0 Å². The third-order valence-electron chi connectivity index (χ3n) is 4.28. The van der Waals surface area contributed by atoms with E-state index in [0.29, 0.717) is 13.0 Å². The molecule has 2 heteroatoms. The Balaban J connectivity index is 3.80. The van der Waals surface area contributed by atoms with Gasteiger partial charge in [-0.25, -0.2) is 0 Å². The van der Waals surface area contributed by atoms with Crippen LogP contribution in [0.4, 0.5) is 0 Å². The lowest BCUT2D eigenvalue weighted by Crippen LogP contribution is -2.04. The van der Waals surface area contributed by atoms with Crippen molar-refractivity contribution in [2.24, 2.45) is 0 Å². The second-order valence-corrected chi connectivity index (χ2v) is 7.31. The maximum absolute atomic E-state index is 11.6. The summed E-state index contributed by atoms with van der Waals surface area (Å²) < 4.78 is 5.28. The van der Waals surface area contributed by atoms with E-state index in [1.807, 2.05) is 6.08 Å². The molecule has 0 atom stereocenters. The number of hydrogen-bond acceptors (Lipinski definition) is 2. The van der Waals surface area contributed by atoms with Gasteiger partial charge in [-0.2, -0.15) is 0 Å². The van der Waals surface area contributed by atoms with Crippen LogP contribution >= 0.6 is 0 Å². The molecule has 0 bridgehead atoms. The smallest absolute Gasteiger partial charge is 0.306 e. The van der Waals surface area contributed by atoms with Crippen molar-refractivity contribution in [1.82, 2.24) is 0 Å². The number of ether oxygens (including phenoxy) is 1. The number of hydrogen-bond donors (Lipinski definition) is 0. The summed E-state index contributed by atoms with van der Waals surface area (Å²) in [6.45, 7) is 11.2. The number of carbonyl (C=O) groups is 1. The van der Waals surface area contributed by atoms with Crippen LogP contribution in [0.15, 0.2) is 34.9 Å². The lowest BCUT2D eigenvalue weighted by Gasteiger charge is -2.04. The van der Waals surface area contributed by atoms with Gasteiger partial charge in [0.25, 0.3) is 0 Å². The van der Waals surface area contributed by atoms with Crippen LogP contribution in [0.3, 0.4) is 0 Å². The molecule has 0 aromatic carbocycles.